The standard InChI is InChI=1S/C18H28N4O2S2/c1-4-22(5-2)17-21-16-14(26-17)10-13(25-16)15(23)20-11-18(12-24-3)6-8-19-9-7-18/h10,19H,4-9,11-12H2,1-3H3,(H,20,23). The van der Waals surface area contributed by atoms with Gasteiger partial charge in [0, 0.05) is 32.2 Å². The van der Waals surface area contributed by atoms with Crippen molar-refractivity contribution in [2.75, 3.05) is 51.3 Å². The molecule has 2 aromatic heterocycles. The zero-order valence-electron chi connectivity index (χ0n) is 15.8. The first-order valence-electron chi connectivity index (χ1n) is 9.24. The number of thiazole rings is 1. The fraction of sp³-hybridized carbons (Fsp3) is 0.667. The summed E-state index contributed by atoms with van der Waals surface area (Å²) in [5.41, 5.74) is 0.0402. The van der Waals surface area contributed by atoms with E-state index in [4.69, 9.17) is 9.72 Å². The van der Waals surface area contributed by atoms with E-state index in [0.717, 1.165) is 58.6 Å². The second-order valence-electron chi connectivity index (χ2n) is 6.81. The van der Waals surface area contributed by atoms with Crippen LogP contribution in [0.15, 0.2) is 6.07 Å². The van der Waals surface area contributed by atoms with E-state index in [-0.39, 0.29) is 11.3 Å². The van der Waals surface area contributed by atoms with E-state index in [9.17, 15) is 4.79 Å². The number of hydrogen-bond acceptors (Lipinski definition) is 7. The smallest absolute Gasteiger partial charge is 0.261 e. The van der Waals surface area contributed by atoms with Crippen LogP contribution in [0, 0.1) is 5.41 Å². The van der Waals surface area contributed by atoms with Gasteiger partial charge in [0.2, 0.25) is 0 Å². The zero-order chi connectivity index (χ0) is 18.6. The molecule has 1 aliphatic rings. The van der Waals surface area contributed by atoms with Crippen molar-refractivity contribution in [3.63, 3.8) is 0 Å². The zero-order valence-corrected chi connectivity index (χ0v) is 17.4. The van der Waals surface area contributed by atoms with Gasteiger partial charge < -0.3 is 20.3 Å². The lowest BCUT2D eigenvalue weighted by Gasteiger charge is -2.37. The molecule has 0 spiro atoms. The second-order valence-corrected chi connectivity index (χ2v) is 8.85. The van der Waals surface area contributed by atoms with Gasteiger partial charge in [-0.2, -0.15) is 0 Å². The summed E-state index contributed by atoms with van der Waals surface area (Å²) >= 11 is 3.14. The van der Waals surface area contributed by atoms with Crippen LogP contribution in [0.2, 0.25) is 0 Å². The van der Waals surface area contributed by atoms with Crippen LogP contribution in [0.3, 0.4) is 0 Å². The molecule has 1 fully saturated rings. The number of nitrogens with zero attached hydrogens (tertiary/aromatic N) is 2. The molecule has 0 saturated carbocycles. The molecule has 3 heterocycles. The third-order valence-electron chi connectivity index (χ3n) is 5.07. The van der Waals surface area contributed by atoms with Gasteiger partial charge in [0.1, 0.15) is 4.83 Å². The van der Waals surface area contributed by atoms with Crippen LogP contribution in [0.1, 0.15) is 36.4 Å². The lowest BCUT2D eigenvalue weighted by Crippen LogP contribution is -2.47. The summed E-state index contributed by atoms with van der Waals surface area (Å²) in [6.45, 7) is 9.46. The predicted octanol–water partition coefficient (Wildman–Crippen LogP) is 2.95. The molecule has 1 amide bonds. The maximum Gasteiger partial charge on any atom is 0.261 e. The van der Waals surface area contributed by atoms with Crippen molar-refractivity contribution in [3.8, 4) is 0 Å². The van der Waals surface area contributed by atoms with Gasteiger partial charge >= 0.3 is 0 Å². The maximum atomic E-state index is 12.6. The molecule has 26 heavy (non-hydrogen) atoms. The van der Waals surface area contributed by atoms with Crippen LogP contribution in [0.4, 0.5) is 5.13 Å². The summed E-state index contributed by atoms with van der Waals surface area (Å²) in [7, 11) is 1.73. The number of ether oxygens (including phenoxy) is 1. The van der Waals surface area contributed by atoms with Crippen LogP contribution in [-0.4, -0.2) is 57.3 Å². The average Bonchev–Trinajstić information content (AvgIpc) is 3.21. The van der Waals surface area contributed by atoms with Crippen molar-refractivity contribution in [2.45, 2.75) is 26.7 Å². The number of fused-ring (bicyclic) bond motifs is 1. The highest BCUT2D eigenvalue weighted by Gasteiger charge is 2.32. The molecule has 8 heteroatoms. The van der Waals surface area contributed by atoms with Gasteiger partial charge in [-0.05, 0) is 45.8 Å². The number of rotatable bonds is 8. The van der Waals surface area contributed by atoms with Crippen molar-refractivity contribution in [2.24, 2.45) is 5.41 Å². The predicted molar refractivity (Wildman–Crippen MR) is 110 cm³/mol. The highest BCUT2D eigenvalue weighted by molar-refractivity contribution is 7.29. The summed E-state index contributed by atoms with van der Waals surface area (Å²) in [5, 5.41) is 7.55. The average molecular weight is 397 g/mol. The number of aromatic nitrogens is 1. The van der Waals surface area contributed by atoms with Gasteiger partial charge in [-0.3, -0.25) is 4.79 Å². The molecule has 2 aromatic rings. The molecule has 1 saturated heterocycles. The normalized spacial score (nSPS) is 16.7. The first kappa shape index (κ1) is 19.5. The molecular formula is C18H28N4O2S2. The van der Waals surface area contributed by atoms with Gasteiger partial charge in [0.25, 0.3) is 5.91 Å². The summed E-state index contributed by atoms with van der Waals surface area (Å²) in [4.78, 5) is 21.3. The lowest BCUT2D eigenvalue weighted by molar-refractivity contribution is 0.0512. The fourth-order valence-corrected chi connectivity index (χ4v) is 5.71. The molecule has 2 N–H and O–H groups in total. The summed E-state index contributed by atoms with van der Waals surface area (Å²) in [6.07, 6.45) is 2.05. The summed E-state index contributed by atoms with van der Waals surface area (Å²) in [5.74, 6) is -0.00130. The molecule has 0 unspecified atom stereocenters. The Morgan fingerprint density at radius 2 is 2.08 bits per heavy atom. The van der Waals surface area contributed by atoms with Crippen LogP contribution in [0.5, 0.6) is 0 Å². The topological polar surface area (TPSA) is 66.5 Å². The number of methoxy groups -OCH3 is 1. The highest BCUT2D eigenvalue weighted by atomic mass is 32.1. The Hall–Kier alpha value is -1.22. The Morgan fingerprint density at radius 1 is 1.35 bits per heavy atom. The van der Waals surface area contributed by atoms with Crippen molar-refractivity contribution >= 4 is 43.2 Å². The van der Waals surface area contributed by atoms with Gasteiger partial charge in [-0.15, -0.1) is 11.3 Å². The minimum atomic E-state index is -0.00130. The lowest BCUT2D eigenvalue weighted by atomic mass is 9.79. The van der Waals surface area contributed by atoms with E-state index in [1.54, 1.807) is 18.4 Å². The van der Waals surface area contributed by atoms with E-state index in [1.807, 2.05) is 6.07 Å². The fourth-order valence-electron chi connectivity index (χ4n) is 3.46. The summed E-state index contributed by atoms with van der Waals surface area (Å²) < 4.78 is 6.52. The number of carbonyl (C=O) groups excluding carboxylic acids is 1. The Balaban J connectivity index is 1.66. The Labute approximate surface area is 162 Å². The number of thiophene rings is 1. The number of anilines is 1. The number of hydrogen-bond donors (Lipinski definition) is 2. The molecule has 0 aliphatic carbocycles. The Kier molecular flexibility index (Phi) is 6.50. The van der Waals surface area contributed by atoms with E-state index in [0.29, 0.717) is 13.2 Å². The quantitative estimate of drug-likeness (QED) is 0.718. The molecule has 1 aliphatic heterocycles. The molecule has 0 bridgehead atoms. The van der Waals surface area contributed by atoms with Gasteiger partial charge in [0.05, 0.1) is 16.2 Å². The van der Waals surface area contributed by atoms with Gasteiger partial charge in [-0.25, -0.2) is 4.98 Å². The largest absolute Gasteiger partial charge is 0.384 e. The molecule has 0 radical (unpaired) electrons. The molecule has 0 atom stereocenters. The van der Waals surface area contributed by atoms with Gasteiger partial charge in [-0.1, -0.05) is 11.3 Å². The van der Waals surface area contributed by atoms with Crippen molar-refractivity contribution in [1.82, 2.24) is 15.6 Å². The molecule has 0 aromatic carbocycles. The van der Waals surface area contributed by atoms with Crippen LogP contribution in [0.25, 0.3) is 9.53 Å². The number of amides is 1. The van der Waals surface area contributed by atoms with E-state index in [2.05, 4.69) is 29.4 Å². The SMILES string of the molecule is CCN(CC)c1nc2sc(C(=O)NCC3(COC)CCNCC3)cc2s1. The van der Waals surface area contributed by atoms with Crippen molar-refractivity contribution in [1.29, 1.82) is 0 Å². The van der Waals surface area contributed by atoms with Crippen LogP contribution >= 0.6 is 22.7 Å². The van der Waals surface area contributed by atoms with Gasteiger partial charge in [0.15, 0.2) is 5.13 Å². The van der Waals surface area contributed by atoms with Crippen LogP contribution < -0.4 is 15.5 Å². The molecule has 3 rings (SSSR count). The third-order valence-corrected chi connectivity index (χ3v) is 7.29. The minimum absolute atomic E-state index is 0.00130. The second kappa shape index (κ2) is 8.65. The maximum absolute atomic E-state index is 12.6. The first-order chi connectivity index (χ1) is 12.6. The number of piperidine rings is 1. The molecule has 144 valence electrons. The Morgan fingerprint density at radius 3 is 2.69 bits per heavy atom. The number of carbonyl (C=O) groups is 1. The van der Waals surface area contributed by atoms with Crippen molar-refractivity contribution in [3.05, 3.63) is 10.9 Å². The Bertz CT molecular complexity index is 696. The first-order valence-corrected chi connectivity index (χ1v) is 10.9. The monoisotopic (exact) mass is 396 g/mol. The molecule has 6 nitrogen and oxygen atoms in total. The highest BCUT2D eigenvalue weighted by Crippen LogP contribution is 2.35. The van der Waals surface area contributed by atoms with Crippen LogP contribution in [-0.2, 0) is 4.74 Å². The minimum Gasteiger partial charge on any atom is -0.384 e. The number of nitrogens with one attached hydrogen (secondary N) is 2. The molecular weight excluding hydrogens is 368 g/mol. The third kappa shape index (κ3) is 4.19. The van der Waals surface area contributed by atoms with E-state index < -0.39 is 0 Å². The summed E-state index contributed by atoms with van der Waals surface area (Å²) in [6, 6.07) is 1.98. The van der Waals surface area contributed by atoms with E-state index in [1.165, 1.54) is 11.3 Å². The van der Waals surface area contributed by atoms with E-state index >= 15 is 0 Å². The van der Waals surface area contributed by atoms with Crippen molar-refractivity contribution < 1.29 is 9.53 Å².